The highest BCUT2D eigenvalue weighted by atomic mass is 32.2. The van der Waals surface area contributed by atoms with Gasteiger partial charge in [0.15, 0.2) is 9.84 Å². The van der Waals surface area contributed by atoms with E-state index in [4.69, 9.17) is 0 Å². The number of aromatic amines is 1. The number of β-amino-alcohol motifs (C(OH)–C–C–N with tert-alkyl or cyclic N) is 1. The van der Waals surface area contributed by atoms with Crippen LogP contribution in [0.4, 0.5) is 4.39 Å². The molecule has 37 heavy (non-hydrogen) atoms. The molecule has 2 aromatic heterocycles. The van der Waals surface area contributed by atoms with E-state index in [2.05, 4.69) is 20.9 Å². The summed E-state index contributed by atoms with van der Waals surface area (Å²) in [7, 11) is -3.27. The molecule has 0 spiro atoms. The topological polar surface area (TPSA) is 86.3 Å². The number of aliphatic hydroxyl groups is 1. The summed E-state index contributed by atoms with van der Waals surface area (Å²) in [5.74, 6) is -0.274. The maximum Gasteiger partial charge on any atom is 0.175 e. The van der Waals surface area contributed by atoms with Gasteiger partial charge in [-0.05, 0) is 77.2 Å². The lowest BCUT2D eigenvalue weighted by Gasteiger charge is -2.28. The molecule has 0 radical (unpaired) electrons. The molecule has 3 heterocycles. The molecule has 0 amide bonds. The molecule has 1 aliphatic heterocycles. The van der Waals surface area contributed by atoms with E-state index in [-0.39, 0.29) is 10.7 Å². The number of halogens is 1. The Kier molecular flexibility index (Phi) is 7.06. The Morgan fingerprint density at radius 2 is 1.73 bits per heavy atom. The third kappa shape index (κ3) is 5.56. The number of nitrogens with zero attached hydrogens (tertiary/aromatic N) is 2. The first kappa shape index (κ1) is 25.1. The minimum absolute atomic E-state index is 0.241. The monoisotopic (exact) mass is 517 g/mol. The van der Waals surface area contributed by atoms with Gasteiger partial charge in [-0.2, -0.15) is 0 Å². The molecule has 5 rings (SSSR count). The zero-order valence-electron chi connectivity index (χ0n) is 20.4. The van der Waals surface area contributed by atoms with Gasteiger partial charge in [-0.3, -0.25) is 9.88 Å². The number of aromatic nitrogens is 2. The summed E-state index contributed by atoms with van der Waals surface area (Å²) in [5.41, 5.74) is 6.92. The van der Waals surface area contributed by atoms with Crippen LogP contribution in [0.5, 0.6) is 0 Å². The van der Waals surface area contributed by atoms with Crippen molar-refractivity contribution >= 4 is 15.4 Å². The van der Waals surface area contributed by atoms with Gasteiger partial charge in [0.2, 0.25) is 0 Å². The molecule has 0 saturated carbocycles. The molecule has 8 heteroatoms. The van der Waals surface area contributed by atoms with E-state index < -0.39 is 15.9 Å². The average Bonchev–Trinajstić information content (AvgIpc) is 3.35. The fourth-order valence-electron chi connectivity index (χ4n) is 4.75. The first-order chi connectivity index (χ1) is 17.8. The maximum atomic E-state index is 13.5. The van der Waals surface area contributed by atoms with Crippen molar-refractivity contribution < 1.29 is 17.9 Å². The number of pyridine rings is 1. The molecule has 0 bridgehead atoms. The van der Waals surface area contributed by atoms with E-state index >= 15 is 0 Å². The van der Waals surface area contributed by atoms with Crippen molar-refractivity contribution in [2.75, 3.05) is 25.9 Å². The molecule has 1 unspecified atom stereocenters. The Hall–Kier alpha value is -3.59. The molecule has 0 aliphatic carbocycles. The van der Waals surface area contributed by atoms with E-state index in [0.717, 1.165) is 40.9 Å². The third-order valence-electron chi connectivity index (χ3n) is 6.75. The standard InChI is InChI=1S/C29H28FN3O3S/c1-37(35,36)25-8-4-21(5-9-25)27(34)19-33-16-12-20(13-17-33)26-18-32-29(23-2-6-24(30)7-3-23)28(26)22-10-14-31-15-11-22/h2-12,14-15,18,27,32,34H,13,16-17,19H2,1H3. The highest BCUT2D eigenvalue weighted by Gasteiger charge is 2.22. The van der Waals surface area contributed by atoms with Gasteiger partial charge in [0, 0.05) is 55.6 Å². The van der Waals surface area contributed by atoms with Crippen molar-refractivity contribution in [1.82, 2.24) is 14.9 Å². The maximum absolute atomic E-state index is 13.5. The van der Waals surface area contributed by atoms with Crippen LogP contribution in [-0.2, 0) is 9.84 Å². The molecule has 1 aliphatic rings. The average molecular weight is 518 g/mol. The molecule has 190 valence electrons. The smallest absolute Gasteiger partial charge is 0.175 e. The second kappa shape index (κ2) is 10.4. The molecule has 4 aromatic rings. The van der Waals surface area contributed by atoms with Crippen LogP contribution in [-0.4, -0.2) is 54.3 Å². The first-order valence-electron chi connectivity index (χ1n) is 12.1. The van der Waals surface area contributed by atoms with Crippen molar-refractivity contribution in [2.24, 2.45) is 0 Å². The van der Waals surface area contributed by atoms with Gasteiger partial charge in [-0.25, -0.2) is 12.8 Å². The van der Waals surface area contributed by atoms with Gasteiger partial charge < -0.3 is 10.1 Å². The van der Waals surface area contributed by atoms with E-state index in [1.807, 2.05) is 18.3 Å². The number of aliphatic hydroxyl groups excluding tert-OH is 1. The van der Waals surface area contributed by atoms with Gasteiger partial charge >= 0.3 is 0 Å². The number of sulfone groups is 1. The summed E-state index contributed by atoms with van der Waals surface area (Å²) >= 11 is 0. The molecule has 2 aromatic carbocycles. The molecule has 2 N–H and O–H groups in total. The Morgan fingerprint density at radius 1 is 1.03 bits per heavy atom. The first-order valence-corrected chi connectivity index (χ1v) is 14.0. The van der Waals surface area contributed by atoms with Crippen LogP contribution in [0.15, 0.2) is 90.2 Å². The van der Waals surface area contributed by atoms with Crippen molar-refractivity contribution in [3.05, 3.63) is 102 Å². The normalized spacial score (nSPS) is 15.4. The zero-order valence-corrected chi connectivity index (χ0v) is 21.2. The molecular weight excluding hydrogens is 489 g/mol. The summed E-state index contributed by atoms with van der Waals surface area (Å²) in [4.78, 5) is 9.98. The second-order valence-electron chi connectivity index (χ2n) is 9.29. The van der Waals surface area contributed by atoms with Crippen LogP contribution in [0, 0.1) is 5.82 Å². The summed E-state index contributed by atoms with van der Waals surface area (Å²) in [6, 6.07) is 16.8. The van der Waals surface area contributed by atoms with E-state index in [9.17, 15) is 17.9 Å². The predicted molar refractivity (Wildman–Crippen MR) is 143 cm³/mol. The summed E-state index contributed by atoms with van der Waals surface area (Å²) in [6.45, 7) is 1.91. The predicted octanol–water partition coefficient (Wildman–Crippen LogP) is 5.11. The Balaban J connectivity index is 1.36. The molecular formula is C29H28FN3O3S. The fraction of sp³-hybridized carbons (Fsp3) is 0.207. The number of nitrogens with one attached hydrogen (secondary N) is 1. The largest absolute Gasteiger partial charge is 0.387 e. The molecule has 6 nitrogen and oxygen atoms in total. The number of H-pyrrole nitrogens is 1. The summed E-state index contributed by atoms with van der Waals surface area (Å²) < 4.78 is 36.9. The van der Waals surface area contributed by atoms with Crippen molar-refractivity contribution in [3.63, 3.8) is 0 Å². The van der Waals surface area contributed by atoms with Crippen LogP contribution >= 0.6 is 0 Å². The Morgan fingerprint density at radius 3 is 2.35 bits per heavy atom. The van der Waals surface area contributed by atoms with Crippen molar-refractivity contribution in [3.8, 4) is 22.4 Å². The van der Waals surface area contributed by atoms with Crippen molar-refractivity contribution in [2.45, 2.75) is 17.4 Å². The van der Waals surface area contributed by atoms with Crippen LogP contribution in [0.2, 0.25) is 0 Å². The van der Waals surface area contributed by atoms with Gasteiger partial charge in [-0.1, -0.05) is 18.2 Å². The summed E-state index contributed by atoms with van der Waals surface area (Å²) in [6.07, 6.45) is 8.98. The quantitative estimate of drug-likeness (QED) is 0.356. The Bertz CT molecular complexity index is 1510. The van der Waals surface area contributed by atoms with Crippen LogP contribution in [0.1, 0.15) is 23.7 Å². The SMILES string of the molecule is CS(=O)(=O)c1ccc(C(O)CN2CC=C(c3c[nH]c(-c4ccc(F)cc4)c3-c3ccncc3)CC2)cc1. The lowest BCUT2D eigenvalue weighted by Crippen LogP contribution is -2.32. The number of benzene rings is 2. The molecule has 0 saturated heterocycles. The van der Waals surface area contributed by atoms with Crippen molar-refractivity contribution in [1.29, 1.82) is 0 Å². The number of hydrogen-bond donors (Lipinski definition) is 2. The number of rotatable bonds is 7. The van der Waals surface area contributed by atoms with E-state index in [1.165, 1.54) is 36.1 Å². The molecule has 0 fully saturated rings. The van der Waals surface area contributed by atoms with Crippen LogP contribution in [0.3, 0.4) is 0 Å². The lowest BCUT2D eigenvalue weighted by atomic mass is 9.92. The van der Waals surface area contributed by atoms with Gasteiger partial charge in [0.25, 0.3) is 0 Å². The second-order valence-corrected chi connectivity index (χ2v) is 11.3. The summed E-state index contributed by atoms with van der Waals surface area (Å²) in [5, 5.41) is 10.7. The van der Waals surface area contributed by atoms with Gasteiger partial charge in [0.1, 0.15) is 5.82 Å². The minimum Gasteiger partial charge on any atom is -0.387 e. The van der Waals surface area contributed by atoms with Gasteiger partial charge in [-0.15, -0.1) is 0 Å². The Labute approximate surface area is 216 Å². The third-order valence-corrected chi connectivity index (χ3v) is 7.87. The fourth-order valence-corrected chi connectivity index (χ4v) is 5.38. The highest BCUT2D eigenvalue weighted by Crippen LogP contribution is 2.39. The highest BCUT2D eigenvalue weighted by molar-refractivity contribution is 7.90. The van der Waals surface area contributed by atoms with E-state index in [0.29, 0.717) is 18.7 Å². The van der Waals surface area contributed by atoms with Crippen LogP contribution < -0.4 is 0 Å². The van der Waals surface area contributed by atoms with Crippen LogP contribution in [0.25, 0.3) is 28.0 Å². The van der Waals surface area contributed by atoms with E-state index in [1.54, 1.807) is 36.7 Å². The molecule has 1 atom stereocenters. The number of hydrogen-bond acceptors (Lipinski definition) is 5. The minimum atomic E-state index is -3.27. The zero-order chi connectivity index (χ0) is 26.0. The lowest BCUT2D eigenvalue weighted by molar-refractivity contribution is 0.119. The van der Waals surface area contributed by atoms with Gasteiger partial charge in [0.05, 0.1) is 16.7 Å².